The average molecular weight is 596 g/mol. The number of aromatic nitrogens is 4. The maximum Gasteiger partial charge on any atom is 0.435 e. The Labute approximate surface area is 233 Å². The highest BCUT2D eigenvalue weighted by molar-refractivity contribution is 7.13. The van der Waals surface area contributed by atoms with Crippen molar-refractivity contribution in [1.29, 1.82) is 0 Å². The van der Waals surface area contributed by atoms with Crippen LogP contribution in [0.5, 0.6) is 0 Å². The predicted octanol–water partition coefficient (Wildman–Crippen LogP) is 6.25. The summed E-state index contributed by atoms with van der Waals surface area (Å²) in [4.78, 5) is 25.3. The van der Waals surface area contributed by atoms with Crippen molar-refractivity contribution in [3.8, 4) is 11.1 Å². The van der Waals surface area contributed by atoms with E-state index < -0.39 is 11.9 Å². The van der Waals surface area contributed by atoms with Gasteiger partial charge in [0.25, 0.3) is 0 Å². The fraction of sp³-hybridized carbons (Fsp3) is 0.304. The number of fused-ring (bicyclic) bond motifs is 1. The van der Waals surface area contributed by atoms with Crippen LogP contribution in [-0.2, 0) is 11.0 Å². The number of halogens is 6. The highest BCUT2D eigenvalue weighted by Crippen LogP contribution is 2.38. The molecule has 5 rings (SSSR count). The van der Waals surface area contributed by atoms with Gasteiger partial charge in [-0.15, -0.1) is 48.6 Å². The number of pyridine rings is 1. The second kappa shape index (κ2) is 12.3. The number of anilines is 2. The number of thiazole rings is 1. The van der Waals surface area contributed by atoms with Crippen molar-refractivity contribution in [3.05, 3.63) is 53.9 Å². The van der Waals surface area contributed by atoms with Gasteiger partial charge in [0.2, 0.25) is 5.91 Å². The molecule has 0 saturated carbocycles. The van der Waals surface area contributed by atoms with Crippen molar-refractivity contribution in [2.24, 2.45) is 5.92 Å². The summed E-state index contributed by atoms with van der Waals surface area (Å²) in [5.74, 6) is -0.0507. The van der Waals surface area contributed by atoms with E-state index in [9.17, 15) is 18.0 Å². The molecule has 0 unspecified atom stereocenters. The zero-order valence-electron chi connectivity index (χ0n) is 19.4. The lowest BCUT2D eigenvalue weighted by atomic mass is 9.94. The molecular formula is C23H24Cl3F3N6OS. The molecule has 1 aliphatic rings. The van der Waals surface area contributed by atoms with E-state index in [1.807, 2.05) is 11.4 Å². The molecule has 200 valence electrons. The number of piperidine rings is 1. The van der Waals surface area contributed by atoms with Crippen molar-refractivity contribution < 1.29 is 18.0 Å². The minimum Gasteiger partial charge on any atom is -0.371 e. The van der Waals surface area contributed by atoms with E-state index in [4.69, 9.17) is 0 Å². The lowest BCUT2D eigenvalue weighted by Gasteiger charge is -2.34. The van der Waals surface area contributed by atoms with Gasteiger partial charge in [0.1, 0.15) is 0 Å². The normalized spacial score (nSPS) is 13.9. The Morgan fingerprint density at radius 1 is 1.11 bits per heavy atom. The first-order valence-corrected chi connectivity index (χ1v) is 11.6. The second-order valence-electron chi connectivity index (χ2n) is 8.18. The van der Waals surface area contributed by atoms with E-state index in [1.54, 1.807) is 42.5 Å². The highest BCUT2D eigenvalue weighted by atomic mass is 35.5. The van der Waals surface area contributed by atoms with Crippen LogP contribution in [0.25, 0.3) is 22.0 Å². The van der Waals surface area contributed by atoms with Crippen molar-refractivity contribution >= 4 is 76.2 Å². The lowest BCUT2D eigenvalue weighted by molar-refractivity contribution is -0.140. The van der Waals surface area contributed by atoms with Gasteiger partial charge in [-0.3, -0.25) is 19.8 Å². The van der Waals surface area contributed by atoms with E-state index in [0.717, 1.165) is 11.1 Å². The average Bonchev–Trinajstić information content (AvgIpc) is 3.55. The second-order valence-corrected chi connectivity index (χ2v) is 9.05. The number of nitrogens with zero attached hydrogens (tertiary/aromatic N) is 5. The fourth-order valence-corrected chi connectivity index (χ4v) is 5.03. The topological polar surface area (TPSA) is 78.0 Å². The SMILES string of the molecule is CN(C(=O)C1CCN(c2ccnc3ccc(-c4c[nH]nc4C(F)(F)F)cc23)CC1)c1nccs1.Cl.Cl.Cl. The molecule has 0 spiro atoms. The quantitative estimate of drug-likeness (QED) is 0.302. The minimum atomic E-state index is -4.55. The van der Waals surface area contributed by atoms with Gasteiger partial charge in [0, 0.05) is 66.7 Å². The van der Waals surface area contributed by atoms with Crippen LogP contribution in [0.2, 0.25) is 0 Å². The number of aromatic amines is 1. The van der Waals surface area contributed by atoms with Crippen molar-refractivity contribution in [2.45, 2.75) is 19.0 Å². The number of nitrogens with one attached hydrogen (secondary N) is 1. The largest absolute Gasteiger partial charge is 0.435 e. The van der Waals surface area contributed by atoms with Gasteiger partial charge in [-0.25, -0.2) is 4.98 Å². The molecule has 0 radical (unpaired) electrons. The Morgan fingerprint density at radius 2 is 1.84 bits per heavy atom. The molecule has 4 heterocycles. The molecule has 1 amide bonds. The molecule has 1 saturated heterocycles. The molecule has 0 aliphatic carbocycles. The summed E-state index contributed by atoms with van der Waals surface area (Å²) in [6.45, 7) is 1.32. The fourth-order valence-electron chi connectivity index (χ4n) is 4.42. The van der Waals surface area contributed by atoms with E-state index >= 15 is 0 Å². The first-order valence-electron chi connectivity index (χ1n) is 10.7. The van der Waals surface area contributed by atoms with Crippen LogP contribution in [0.1, 0.15) is 18.5 Å². The maximum atomic E-state index is 13.4. The molecule has 1 fully saturated rings. The molecule has 14 heteroatoms. The summed E-state index contributed by atoms with van der Waals surface area (Å²) in [5, 5.41) is 9.01. The van der Waals surface area contributed by atoms with Gasteiger partial charge in [-0.1, -0.05) is 6.07 Å². The van der Waals surface area contributed by atoms with Gasteiger partial charge in [0.05, 0.1) is 5.52 Å². The van der Waals surface area contributed by atoms with Crippen molar-refractivity contribution in [2.75, 3.05) is 29.9 Å². The zero-order valence-corrected chi connectivity index (χ0v) is 22.7. The maximum absolute atomic E-state index is 13.4. The predicted molar refractivity (Wildman–Crippen MR) is 147 cm³/mol. The van der Waals surface area contributed by atoms with Crippen LogP contribution in [0.4, 0.5) is 24.0 Å². The van der Waals surface area contributed by atoms with Crippen LogP contribution in [0.15, 0.2) is 48.2 Å². The molecule has 0 bridgehead atoms. The highest BCUT2D eigenvalue weighted by Gasteiger charge is 2.37. The van der Waals surface area contributed by atoms with Gasteiger partial charge in [0.15, 0.2) is 10.8 Å². The number of hydrogen-bond donors (Lipinski definition) is 1. The summed E-state index contributed by atoms with van der Waals surface area (Å²) in [7, 11) is 1.75. The molecule has 7 nitrogen and oxygen atoms in total. The third kappa shape index (κ3) is 6.11. The Kier molecular flexibility index (Phi) is 10.2. The monoisotopic (exact) mass is 594 g/mol. The lowest BCUT2D eigenvalue weighted by Crippen LogP contribution is -2.41. The van der Waals surface area contributed by atoms with Crippen LogP contribution < -0.4 is 9.80 Å². The molecular weight excluding hydrogens is 572 g/mol. The van der Waals surface area contributed by atoms with Crippen LogP contribution in [-0.4, -0.2) is 46.2 Å². The summed E-state index contributed by atoms with van der Waals surface area (Å²) >= 11 is 1.42. The van der Waals surface area contributed by atoms with Crippen LogP contribution >= 0.6 is 48.6 Å². The van der Waals surface area contributed by atoms with E-state index in [-0.39, 0.29) is 54.6 Å². The van der Waals surface area contributed by atoms with E-state index in [0.29, 0.717) is 42.1 Å². The molecule has 4 aromatic rings. The number of benzene rings is 1. The summed E-state index contributed by atoms with van der Waals surface area (Å²) in [6.07, 6.45) is 1.44. The number of H-pyrrole nitrogens is 1. The van der Waals surface area contributed by atoms with Gasteiger partial charge < -0.3 is 4.90 Å². The third-order valence-corrected chi connectivity index (χ3v) is 7.01. The van der Waals surface area contributed by atoms with Crippen LogP contribution in [0, 0.1) is 5.92 Å². The first kappa shape index (κ1) is 30.6. The van der Waals surface area contributed by atoms with Crippen molar-refractivity contribution in [3.63, 3.8) is 0 Å². The molecule has 1 N–H and O–H groups in total. The Balaban J connectivity index is 0.00000160. The van der Waals surface area contributed by atoms with Gasteiger partial charge in [-0.2, -0.15) is 18.3 Å². The number of hydrogen-bond acceptors (Lipinski definition) is 6. The Morgan fingerprint density at radius 3 is 2.49 bits per heavy atom. The Hall–Kier alpha value is -2.60. The molecule has 3 aromatic heterocycles. The third-order valence-electron chi connectivity index (χ3n) is 6.16. The zero-order chi connectivity index (χ0) is 23.9. The molecule has 0 atom stereocenters. The number of carbonyl (C=O) groups excluding carboxylic acids is 1. The summed E-state index contributed by atoms with van der Waals surface area (Å²) < 4.78 is 40.1. The van der Waals surface area contributed by atoms with Crippen molar-refractivity contribution in [1.82, 2.24) is 20.2 Å². The van der Waals surface area contributed by atoms with E-state index in [2.05, 4.69) is 25.1 Å². The first-order chi connectivity index (χ1) is 16.3. The number of carbonyl (C=O) groups is 1. The van der Waals surface area contributed by atoms with E-state index in [1.165, 1.54) is 17.5 Å². The summed E-state index contributed by atoms with van der Waals surface area (Å²) in [5.41, 5.74) is 1.06. The molecule has 1 aliphatic heterocycles. The molecule has 37 heavy (non-hydrogen) atoms. The minimum absolute atomic E-state index is 0. The number of rotatable bonds is 4. The van der Waals surface area contributed by atoms with Gasteiger partial charge >= 0.3 is 6.18 Å². The standard InChI is InChI=1S/C23H21F3N6OS.3ClH/c1-31(22-28-8-11-34-22)21(33)14-5-9-32(10-6-14)19-4-7-27-18-3-2-15(12-16(18)19)17-13-29-30-20(17)23(24,25)26;;;/h2-4,7-8,11-14H,5-6,9-10H2,1H3,(H,29,30);3*1H. The smallest absolute Gasteiger partial charge is 0.371 e. The molecule has 1 aromatic carbocycles. The number of alkyl halides is 3. The Bertz CT molecular complexity index is 1330. The summed E-state index contributed by atoms with van der Waals surface area (Å²) in [6, 6.07) is 6.94. The van der Waals surface area contributed by atoms with Crippen LogP contribution in [0.3, 0.4) is 0 Å². The number of amides is 1. The van der Waals surface area contributed by atoms with Gasteiger partial charge in [-0.05, 0) is 36.6 Å².